The van der Waals surface area contributed by atoms with Crippen molar-refractivity contribution in [2.75, 3.05) is 52.9 Å². The molecule has 0 aromatic rings. The standard InChI is InChI=1S/4C8H19O2PS2.Mo.O/c4*1-3-5-7-9-11(12,13)10-8-6-4-2;;/h4*3-8H2,1-2H3,(H,12,13);;/q;;;;+4;/p-4. The molecule has 0 saturated carbocycles. The molecule has 0 fully saturated rings. The van der Waals surface area contributed by atoms with E-state index in [0.29, 0.717) is 72.6 Å². The van der Waals surface area contributed by atoms with Crippen LogP contribution in [0, 0.1) is 0 Å². The van der Waals surface area contributed by atoms with Crippen molar-refractivity contribution in [2.24, 2.45) is 0 Å². The fraction of sp³-hybridized carbons (Fsp3) is 1.00. The number of rotatable bonds is 32. The zero-order valence-corrected chi connectivity index (χ0v) is 46.2. The zero-order chi connectivity index (χ0) is 42.6. The van der Waals surface area contributed by atoms with Crippen LogP contribution >= 0.6 is 22.8 Å². The van der Waals surface area contributed by atoms with Crippen molar-refractivity contribution in [3.63, 3.8) is 0 Å². The average molecular weight is 1080 g/mol. The molecule has 0 atom stereocenters. The van der Waals surface area contributed by atoms with Crippen molar-refractivity contribution in [1.29, 1.82) is 0 Å². The van der Waals surface area contributed by atoms with Crippen molar-refractivity contribution in [3.8, 4) is 0 Å². The summed E-state index contributed by atoms with van der Waals surface area (Å²) in [4.78, 5) is 0. The van der Waals surface area contributed by atoms with Gasteiger partial charge in [-0.1, -0.05) is 154 Å². The van der Waals surface area contributed by atoms with Gasteiger partial charge < -0.3 is 85.2 Å². The van der Waals surface area contributed by atoms with Crippen molar-refractivity contribution < 1.29 is 59.4 Å². The fourth-order valence-electron chi connectivity index (χ4n) is 2.71. The maximum absolute atomic E-state index is 8.26. The van der Waals surface area contributed by atoms with E-state index in [-0.39, 0.29) is 0 Å². The molecule has 0 aromatic heterocycles. The Hall–Kier alpha value is 4.17. The second-order valence-corrected chi connectivity index (χ2v) is 31.2. The van der Waals surface area contributed by atoms with Crippen LogP contribution in [0.4, 0.5) is 0 Å². The van der Waals surface area contributed by atoms with Crippen LogP contribution in [-0.2, 0) is 156 Å². The normalized spacial score (nSPS) is 11.6. The number of unbranched alkanes of at least 4 members (excludes halogenated alkanes) is 8. The molecule has 0 amide bonds. The molecule has 0 heterocycles. The van der Waals surface area contributed by atoms with Crippen LogP contribution in [0.15, 0.2) is 0 Å². The van der Waals surface area contributed by atoms with E-state index in [9.17, 15) is 0 Å². The third-order valence-electron chi connectivity index (χ3n) is 5.98. The summed E-state index contributed by atoms with van der Waals surface area (Å²) < 4.78 is 50.9. The van der Waals surface area contributed by atoms with Gasteiger partial charge in [0.05, 0.1) is 75.6 Å². The van der Waals surface area contributed by atoms with Gasteiger partial charge in [-0.25, -0.2) is 0 Å². The fourth-order valence-corrected chi connectivity index (χ4v) is 9.41. The molecule has 0 bridgehead atoms. The summed E-state index contributed by atoms with van der Waals surface area (Å²) in [5.41, 5.74) is -9.34. The first-order chi connectivity index (χ1) is 25.5. The van der Waals surface area contributed by atoms with Crippen molar-refractivity contribution in [1.82, 2.24) is 0 Å². The third-order valence-corrected chi connectivity index (χ3v) is 15.0. The SMILES string of the molecule is CCCCOP(=S)([S-])OCCCC.CCCCOP(=S)([S-])OCCCC.CCCCOP(=S)([S-])OCCCC.CCCCOP(=S)([S-])OCCCC.[O]=[Mo+4]. The van der Waals surface area contributed by atoms with Crippen LogP contribution in [0.3, 0.4) is 0 Å². The first-order valence-electron chi connectivity index (χ1n) is 19.1. The third kappa shape index (κ3) is 62.8. The molecule has 0 aliphatic rings. The Morgan fingerprint density at radius 2 is 0.407 bits per heavy atom. The topological polar surface area (TPSA) is 90.9 Å². The van der Waals surface area contributed by atoms with Gasteiger partial charge in [0.25, 0.3) is 0 Å². The predicted molar refractivity (Wildman–Crippen MR) is 254 cm³/mol. The minimum absolute atomic E-state index is 0.642. The Morgan fingerprint density at radius 3 is 0.481 bits per heavy atom. The molecule has 0 rings (SSSR count). The molecular formula is C32H72MoO9P4S8. The first kappa shape index (κ1) is 67.2. The van der Waals surface area contributed by atoms with Crippen molar-refractivity contribution in [2.45, 2.75) is 158 Å². The summed E-state index contributed by atoms with van der Waals surface area (Å²) in [7, 11) is 0. The van der Waals surface area contributed by atoms with Gasteiger partial charge >= 0.3 is 23.2 Å². The van der Waals surface area contributed by atoms with Gasteiger partial charge in [-0.3, -0.25) is 0 Å². The molecule has 9 nitrogen and oxygen atoms in total. The molecule has 0 aliphatic heterocycles. The average Bonchev–Trinajstić information content (AvgIpc) is 3.10. The molecule has 22 heteroatoms. The molecule has 0 spiro atoms. The Kier molecular flexibility index (Phi) is 62.0. The van der Waals surface area contributed by atoms with Gasteiger partial charge in [-0.15, -0.1) is 0 Å². The summed E-state index contributed by atoms with van der Waals surface area (Å²) in [6.07, 6.45) is 16.8. The molecule has 54 heavy (non-hydrogen) atoms. The molecule has 0 aliphatic carbocycles. The van der Waals surface area contributed by atoms with Crippen LogP contribution < -0.4 is 0 Å². The Labute approximate surface area is 385 Å². The van der Waals surface area contributed by atoms with E-state index >= 15 is 0 Å². The van der Waals surface area contributed by atoms with Crippen LogP contribution in [0.25, 0.3) is 0 Å². The minimum atomic E-state index is -2.34. The Morgan fingerprint density at radius 1 is 0.315 bits per heavy atom. The molecule has 0 radical (unpaired) electrons. The quantitative estimate of drug-likeness (QED) is 0.0277. The Balaban J connectivity index is -0.000000194. The van der Waals surface area contributed by atoms with Gasteiger partial charge in [-0.2, -0.15) is 0 Å². The molecular weight excluding hydrogens is 1000 g/mol. The van der Waals surface area contributed by atoms with E-state index in [2.05, 4.69) is 55.4 Å². The predicted octanol–water partition coefficient (Wildman–Crippen LogP) is 13.4. The summed E-state index contributed by atoms with van der Waals surface area (Å²) in [5, 5.41) is 0. The molecule has 0 N–H and O–H groups in total. The van der Waals surface area contributed by atoms with Crippen LogP contribution in [0.2, 0.25) is 0 Å². The second kappa shape index (κ2) is 49.8. The summed E-state index contributed by atoms with van der Waals surface area (Å²) in [6, 6.07) is 0. The van der Waals surface area contributed by atoms with E-state index < -0.39 is 22.8 Å². The van der Waals surface area contributed by atoms with Crippen molar-refractivity contribution in [3.05, 3.63) is 0 Å². The monoisotopic (exact) mass is 1080 g/mol. The van der Waals surface area contributed by atoms with E-state index in [0.717, 1.165) is 103 Å². The molecule has 328 valence electrons. The van der Waals surface area contributed by atoms with E-state index in [1.807, 2.05) is 0 Å². The Bertz CT molecular complexity index is 770. The summed E-state index contributed by atoms with van der Waals surface area (Å²) >= 11 is 41.1. The summed E-state index contributed by atoms with van der Waals surface area (Å²) in [5.74, 6) is 0. The van der Waals surface area contributed by atoms with Gasteiger partial charge in [-0.05, 0) is 51.4 Å². The summed E-state index contributed by atoms with van der Waals surface area (Å²) in [6.45, 7) is 22.0. The van der Waals surface area contributed by atoms with Gasteiger partial charge in [0.1, 0.15) is 0 Å². The molecule has 0 unspecified atom stereocenters. The van der Waals surface area contributed by atoms with Crippen molar-refractivity contribution >= 4 is 119 Å². The van der Waals surface area contributed by atoms with Gasteiger partial charge in [0.15, 0.2) is 0 Å². The zero-order valence-electron chi connectivity index (χ0n) is 34.1. The molecule has 0 saturated heterocycles. The van der Waals surface area contributed by atoms with E-state index in [4.69, 9.17) is 136 Å². The van der Waals surface area contributed by atoms with Gasteiger partial charge in [0.2, 0.25) is 0 Å². The number of hydrogen-bond donors (Lipinski definition) is 0. The van der Waals surface area contributed by atoms with Gasteiger partial charge in [0, 0.05) is 0 Å². The second-order valence-electron chi connectivity index (χ2n) is 11.3. The van der Waals surface area contributed by atoms with E-state index in [1.54, 1.807) is 0 Å². The van der Waals surface area contributed by atoms with Crippen LogP contribution in [0.5, 0.6) is 0 Å². The van der Waals surface area contributed by atoms with Crippen LogP contribution in [0.1, 0.15) is 158 Å². The first-order valence-corrected chi connectivity index (χ1v) is 34.5. The number of hydrogen-bond acceptors (Lipinski definition) is 17. The van der Waals surface area contributed by atoms with Crippen LogP contribution in [-0.4, -0.2) is 52.9 Å². The molecule has 0 aromatic carbocycles. The maximum atomic E-state index is 8.26. The van der Waals surface area contributed by atoms with E-state index in [1.165, 1.54) is 0 Å².